The summed E-state index contributed by atoms with van der Waals surface area (Å²) in [4.78, 5) is 39.8. The van der Waals surface area contributed by atoms with Crippen molar-refractivity contribution < 1.29 is 37.7 Å². The van der Waals surface area contributed by atoms with Gasteiger partial charge in [-0.2, -0.15) is 13.8 Å². The number of hydrogen-bond acceptors (Lipinski definition) is 8. The highest BCUT2D eigenvalue weighted by Gasteiger charge is 2.60. The van der Waals surface area contributed by atoms with Crippen molar-refractivity contribution in [2.24, 2.45) is 0 Å². The van der Waals surface area contributed by atoms with Crippen LogP contribution < -0.4 is 11.0 Å². The van der Waals surface area contributed by atoms with Crippen molar-refractivity contribution in [3.8, 4) is 0 Å². The lowest BCUT2D eigenvalue weighted by atomic mass is 10.1. The quantitative estimate of drug-likeness (QED) is 0.320. The Morgan fingerprint density at radius 1 is 1.16 bits per heavy atom. The number of benzene rings is 1. The molecule has 1 aromatic carbocycles. The fourth-order valence-electron chi connectivity index (χ4n) is 3.74. The van der Waals surface area contributed by atoms with Gasteiger partial charge in [-0.25, -0.2) is 9.59 Å². The van der Waals surface area contributed by atoms with E-state index in [9.17, 15) is 28.3 Å². The second kappa shape index (κ2) is 13.2. The van der Waals surface area contributed by atoms with Crippen molar-refractivity contribution in [1.29, 1.82) is 0 Å². The number of halogens is 2. The molecule has 0 spiro atoms. The normalized spacial score (nSPS) is 20.4. The van der Waals surface area contributed by atoms with Gasteiger partial charge in [-0.05, 0) is 24.5 Å². The minimum atomic E-state index is -3.88. The zero-order valence-electron chi connectivity index (χ0n) is 20.5. The second-order valence-electron chi connectivity index (χ2n) is 8.64. The van der Waals surface area contributed by atoms with Gasteiger partial charge in [-0.1, -0.05) is 56.5 Å². The summed E-state index contributed by atoms with van der Waals surface area (Å²) >= 11 is 0. The van der Waals surface area contributed by atoms with E-state index in [1.165, 1.54) is 0 Å². The first-order valence-electron chi connectivity index (χ1n) is 12.2. The van der Waals surface area contributed by atoms with E-state index >= 15 is 0 Å². The number of anilines is 1. The molecule has 37 heavy (non-hydrogen) atoms. The number of esters is 1. The molecular weight excluding hydrogens is 492 g/mol. The lowest BCUT2D eigenvalue weighted by molar-refractivity contribution is -0.150. The molecule has 1 saturated heterocycles. The molecule has 3 rings (SSSR count). The molecule has 0 saturated carbocycles. The number of aliphatic hydroxyl groups is 1. The predicted molar refractivity (Wildman–Crippen MR) is 128 cm³/mol. The fraction of sp³-hybridized carbons (Fsp3) is 0.520. The number of nitrogens with one attached hydrogen (secondary N) is 1. The van der Waals surface area contributed by atoms with Gasteiger partial charge in [0.25, 0.3) is 0 Å². The molecule has 3 atom stereocenters. The molecule has 0 aliphatic carbocycles. The van der Waals surface area contributed by atoms with Crippen LogP contribution in [-0.2, 0) is 25.4 Å². The van der Waals surface area contributed by atoms with E-state index in [-0.39, 0.29) is 18.8 Å². The molecule has 2 N–H and O–H groups in total. The number of aliphatic hydroxyl groups excluding tert-OH is 1. The van der Waals surface area contributed by atoms with Gasteiger partial charge in [-0.15, -0.1) is 0 Å². The van der Waals surface area contributed by atoms with E-state index in [0.717, 1.165) is 37.1 Å². The van der Waals surface area contributed by atoms with Crippen molar-refractivity contribution in [3.63, 3.8) is 0 Å². The third-order valence-corrected chi connectivity index (χ3v) is 5.79. The highest BCUT2D eigenvalue weighted by atomic mass is 19.3. The van der Waals surface area contributed by atoms with Crippen LogP contribution >= 0.6 is 0 Å². The van der Waals surface area contributed by atoms with Crippen molar-refractivity contribution in [1.82, 2.24) is 9.55 Å². The maximum atomic E-state index is 14.8. The number of carbonyl (C=O) groups excluding carboxylic acids is 2. The molecule has 1 fully saturated rings. The maximum absolute atomic E-state index is 14.8. The molecule has 1 aromatic heterocycles. The molecule has 1 amide bonds. The highest BCUT2D eigenvalue weighted by molar-refractivity contribution is 5.83. The van der Waals surface area contributed by atoms with Crippen LogP contribution in [-0.4, -0.2) is 58.1 Å². The fourth-order valence-corrected chi connectivity index (χ4v) is 3.74. The van der Waals surface area contributed by atoms with Crippen LogP contribution in [0.25, 0.3) is 0 Å². The van der Waals surface area contributed by atoms with Gasteiger partial charge in [0.1, 0.15) is 18.5 Å². The van der Waals surface area contributed by atoms with Crippen molar-refractivity contribution in [2.75, 3.05) is 18.5 Å². The van der Waals surface area contributed by atoms with E-state index in [1.54, 1.807) is 0 Å². The minimum absolute atomic E-state index is 0.0195. The third-order valence-electron chi connectivity index (χ3n) is 5.79. The third kappa shape index (κ3) is 7.80. The van der Waals surface area contributed by atoms with Gasteiger partial charge in [-0.3, -0.25) is 14.7 Å². The number of unbranched alkanes of at least 4 members (excludes halogenated alkanes) is 3. The molecule has 0 unspecified atom stereocenters. The Kier molecular flexibility index (Phi) is 10.1. The molecule has 0 bridgehead atoms. The van der Waals surface area contributed by atoms with Crippen LogP contribution in [0, 0.1) is 0 Å². The molecule has 2 heterocycles. The number of rotatable bonds is 12. The number of aryl methyl sites for hydroxylation is 1. The minimum Gasteiger partial charge on any atom is -0.463 e. The zero-order valence-corrected chi connectivity index (χ0v) is 20.5. The number of ether oxygens (including phenoxy) is 3. The summed E-state index contributed by atoms with van der Waals surface area (Å²) in [6.45, 7) is 1.63. The number of nitrogens with zero attached hydrogens (tertiary/aromatic N) is 2. The average molecular weight is 524 g/mol. The summed E-state index contributed by atoms with van der Waals surface area (Å²) < 4.78 is 45.2. The maximum Gasteiger partial charge on any atom is 0.412 e. The van der Waals surface area contributed by atoms with Gasteiger partial charge in [0, 0.05) is 12.6 Å². The molecular formula is C25H31F2N3O7. The highest BCUT2D eigenvalue weighted by Crippen LogP contribution is 2.42. The van der Waals surface area contributed by atoms with Gasteiger partial charge < -0.3 is 19.3 Å². The first-order valence-corrected chi connectivity index (χ1v) is 12.2. The summed E-state index contributed by atoms with van der Waals surface area (Å²) in [6, 6.07) is 10.3. The topological polar surface area (TPSA) is 129 Å². The number of alkyl halides is 2. The molecule has 202 valence electrons. The van der Waals surface area contributed by atoms with Crippen LogP contribution in [0.15, 0.2) is 47.4 Å². The van der Waals surface area contributed by atoms with E-state index in [1.807, 2.05) is 30.3 Å². The number of hydrogen-bond donors (Lipinski definition) is 2. The van der Waals surface area contributed by atoms with E-state index in [0.29, 0.717) is 17.4 Å². The van der Waals surface area contributed by atoms with Crippen LogP contribution in [0.1, 0.15) is 50.8 Å². The number of amides is 1. The number of carbonyl (C=O) groups is 2. The summed E-state index contributed by atoms with van der Waals surface area (Å²) in [5.74, 6) is -4.71. The lowest BCUT2D eigenvalue weighted by Crippen LogP contribution is -2.42. The SMILES string of the molecule is CCCCCCOC(=O)Nc1ccn([C@@H]2O[C@H](COC(=O)CCc3ccccc3)[C@@H](O)C2(F)F)c(=O)n1. The monoisotopic (exact) mass is 523 g/mol. The molecule has 10 nitrogen and oxygen atoms in total. The van der Waals surface area contributed by atoms with Gasteiger partial charge in [0.05, 0.1) is 6.61 Å². The first-order chi connectivity index (χ1) is 17.7. The summed E-state index contributed by atoms with van der Waals surface area (Å²) in [7, 11) is 0. The molecule has 0 radical (unpaired) electrons. The van der Waals surface area contributed by atoms with Crippen molar-refractivity contribution >= 4 is 17.9 Å². The summed E-state index contributed by atoms with van der Waals surface area (Å²) in [6.07, 6.45) is -1.86. The van der Waals surface area contributed by atoms with Gasteiger partial charge in [0.2, 0.25) is 6.23 Å². The van der Waals surface area contributed by atoms with Gasteiger partial charge >= 0.3 is 23.7 Å². The Labute approximate surface area is 212 Å². The molecule has 1 aliphatic heterocycles. The smallest absolute Gasteiger partial charge is 0.412 e. The van der Waals surface area contributed by atoms with E-state index < -0.39 is 48.7 Å². The van der Waals surface area contributed by atoms with Crippen molar-refractivity contribution in [2.45, 2.75) is 69.8 Å². The largest absolute Gasteiger partial charge is 0.463 e. The molecule has 1 aliphatic rings. The summed E-state index contributed by atoms with van der Waals surface area (Å²) in [5, 5.41) is 12.4. The van der Waals surface area contributed by atoms with Crippen LogP contribution in [0.3, 0.4) is 0 Å². The molecule has 2 aromatic rings. The standard InChI is InChI=1S/C25H31F2N3O7/c1-2-3-4-8-15-35-24(34)29-19-13-14-30(23(33)28-19)22-25(26,27)21(32)18(37-22)16-36-20(31)12-11-17-9-6-5-7-10-17/h5-7,9-10,13-14,18,21-22,32H,2-4,8,11-12,15-16H2,1H3,(H,28,29,33,34)/t18-,21-,22-/m1/s1. The zero-order chi connectivity index (χ0) is 26.8. The van der Waals surface area contributed by atoms with Crippen LogP contribution in [0.4, 0.5) is 19.4 Å². The predicted octanol–water partition coefficient (Wildman–Crippen LogP) is 3.44. The van der Waals surface area contributed by atoms with Gasteiger partial charge in [0.15, 0.2) is 6.10 Å². The summed E-state index contributed by atoms with van der Waals surface area (Å²) in [5.41, 5.74) is -0.230. The Hall–Kier alpha value is -3.38. The Balaban J connectivity index is 1.54. The lowest BCUT2D eigenvalue weighted by Gasteiger charge is -2.21. The number of aromatic nitrogens is 2. The van der Waals surface area contributed by atoms with E-state index in [2.05, 4.69) is 17.2 Å². The van der Waals surface area contributed by atoms with Crippen LogP contribution in [0.2, 0.25) is 0 Å². The average Bonchev–Trinajstić information content (AvgIpc) is 3.10. The Bertz CT molecular complexity index is 1100. The van der Waals surface area contributed by atoms with Crippen molar-refractivity contribution in [3.05, 3.63) is 58.6 Å². The second-order valence-corrected chi connectivity index (χ2v) is 8.64. The van der Waals surface area contributed by atoms with Crippen LogP contribution in [0.5, 0.6) is 0 Å². The first kappa shape index (κ1) is 28.2. The Morgan fingerprint density at radius 3 is 2.62 bits per heavy atom. The molecule has 12 heteroatoms. The van der Waals surface area contributed by atoms with E-state index in [4.69, 9.17) is 14.2 Å². The Morgan fingerprint density at radius 2 is 1.92 bits per heavy atom.